The molecule has 1 heterocycles. The molecule has 1 atom stereocenters. The maximum Gasteiger partial charge on any atom is 0.221 e. The number of methoxy groups -OCH3 is 1. The molecule has 1 aromatic carbocycles. The molecule has 0 aliphatic rings. The van der Waals surface area contributed by atoms with E-state index in [4.69, 9.17) is 9.72 Å². The first kappa shape index (κ1) is 22.1. The van der Waals surface area contributed by atoms with Crippen LogP contribution in [0.3, 0.4) is 0 Å². The highest BCUT2D eigenvalue weighted by Crippen LogP contribution is 2.21. The van der Waals surface area contributed by atoms with Gasteiger partial charge < -0.3 is 15.0 Å². The van der Waals surface area contributed by atoms with Crippen LogP contribution < -0.4 is 15.0 Å². The summed E-state index contributed by atoms with van der Waals surface area (Å²) in [5.74, 6) is 1.74. The molecule has 0 fully saturated rings. The van der Waals surface area contributed by atoms with Gasteiger partial charge in [0.05, 0.1) is 7.11 Å². The van der Waals surface area contributed by atoms with Gasteiger partial charge in [0.15, 0.2) is 0 Å². The minimum absolute atomic E-state index is 0.0944. The zero-order chi connectivity index (χ0) is 20.4. The van der Waals surface area contributed by atoms with Crippen molar-refractivity contribution in [2.75, 3.05) is 25.1 Å². The molecule has 28 heavy (non-hydrogen) atoms. The molecule has 7 heteroatoms. The van der Waals surface area contributed by atoms with E-state index in [9.17, 15) is 4.79 Å². The summed E-state index contributed by atoms with van der Waals surface area (Å²) in [5.41, 5.74) is 1.12. The number of hydrogen-bond donors (Lipinski definition) is 1. The number of unbranched alkanes of at least 4 members (excludes halogenated alkanes) is 1. The monoisotopic (exact) mass is 404 g/mol. The Kier molecular flexibility index (Phi) is 9.20. The number of hydrogen-bond acceptors (Lipinski definition) is 6. The number of ether oxygens (including phenoxy) is 1. The van der Waals surface area contributed by atoms with Crippen LogP contribution >= 0.6 is 11.5 Å². The van der Waals surface area contributed by atoms with Crippen molar-refractivity contribution >= 4 is 22.6 Å². The Balaban J connectivity index is 2.00. The normalized spacial score (nSPS) is 11.9. The summed E-state index contributed by atoms with van der Waals surface area (Å²) in [5, 5.41) is 3.92. The Morgan fingerprint density at radius 2 is 2.14 bits per heavy atom. The van der Waals surface area contributed by atoms with Crippen molar-refractivity contribution in [2.45, 2.75) is 58.9 Å². The fraction of sp³-hybridized carbons (Fsp3) is 0.571. The van der Waals surface area contributed by atoms with Crippen molar-refractivity contribution in [1.82, 2.24) is 14.7 Å². The first-order valence-corrected chi connectivity index (χ1v) is 10.8. The van der Waals surface area contributed by atoms with Gasteiger partial charge in [-0.2, -0.15) is 4.37 Å². The first-order valence-electron chi connectivity index (χ1n) is 10.1. The molecule has 1 N–H and O–H groups in total. The van der Waals surface area contributed by atoms with Crippen molar-refractivity contribution < 1.29 is 9.53 Å². The molecule has 0 saturated carbocycles. The van der Waals surface area contributed by atoms with Crippen molar-refractivity contribution in [3.63, 3.8) is 0 Å². The number of nitrogens with zero attached hydrogens (tertiary/aromatic N) is 3. The smallest absolute Gasteiger partial charge is 0.221 e. The molecular weight excluding hydrogens is 372 g/mol. The van der Waals surface area contributed by atoms with E-state index < -0.39 is 0 Å². The summed E-state index contributed by atoms with van der Waals surface area (Å²) >= 11 is 1.41. The van der Waals surface area contributed by atoms with E-state index in [2.05, 4.69) is 34.5 Å². The van der Waals surface area contributed by atoms with E-state index in [0.29, 0.717) is 19.4 Å². The third-order valence-corrected chi connectivity index (χ3v) is 5.45. The largest absolute Gasteiger partial charge is 0.497 e. The van der Waals surface area contributed by atoms with E-state index >= 15 is 0 Å². The topological polar surface area (TPSA) is 67.4 Å². The second kappa shape index (κ2) is 11.6. The van der Waals surface area contributed by atoms with Crippen molar-refractivity contribution in [1.29, 1.82) is 0 Å². The predicted molar refractivity (Wildman–Crippen MR) is 115 cm³/mol. The van der Waals surface area contributed by atoms with Crippen molar-refractivity contribution in [3.05, 3.63) is 35.7 Å². The van der Waals surface area contributed by atoms with Crippen LogP contribution in [0.4, 0.5) is 5.13 Å². The number of aromatic nitrogens is 2. The maximum absolute atomic E-state index is 12.1. The van der Waals surface area contributed by atoms with E-state index in [0.717, 1.165) is 48.1 Å². The molecule has 2 aromatic rings. The van der Waals surface area contributed by atoms with Crippen LogP contribution in [0.15, 0.2) is 24.3 Å². The lowest BCUT2D eigenvalue weighted by Gasteiger charge is -2.21. The number of benzene rings is 1. The molecule has 0 unspecified atom stereocenters. The van der Waals surface area contributed by atoms with E-state index in [-0.39, 0.29) is 11.9 Å². The molecule has 1 aromatic heterocycles. The standard InChI is InChI=1S/C21H32N4O2S/c1-5-7-12-25(13-11-20(26)22-16(3)6-2)21-23-19(24-28-21)15-17-9-8-10-18(14-17)27-4/h8-10,14,16H,5-7,11-13,15H2,1-4H3,(H,22,26)/t16-/m1/s1. The fourth-order valence-corrected chi connectivity index (χ4v) is 3.48. The summed E-state index contributed by atoms with van der Waals surface area (Å²) < 4.78 is 9.82. The fourth-order valence-electron chi connectivity index (χ4n) is 2.75. The van der Waals surface area contributed by atoms with Gasteiger partial charge in [0.25, 0.3) is 0 Å². The third kappa shape index (κ3) is 7.11. The Morgan fingerprint density at radius 1 is 1.32 bits per heavy atom. The predicted octanol–water partition coefficient (Wildman–Crippen LogP) is 4.05. The van der Waals surface area contributed by atoms with E-state index in [1.807, 2.05) is 25.1 Å². The second-order valence-electron chi connectivity index (χ2n) is 6.99. The van der Waals surface area contributed by atoms with Gasteiger partial charge in [-0.25, -0.2) is 4.98 Å². The molecule has 0 saturated heterocycles. The highest BCUT2D eigenvalue weighted by Gasteiger charge is 2.15. The third-order valence-electron chi connectivity index (χ3n) is 4.63. The van der Waals surface area contributed by atoms with E-state index in [1.54, 1.807) is 7.11 Å². The highest BCUT2D eigenvalue weighted by molar-refractivity contribution is 7.09. The van der Waals surface area contributed by atoms with Crippen LogP contribution in [-0.2, 0) is 11.2 Å². The summed E-state index contributed by atoms with van der Waals surface area (Å²) in [6.07, 6.45) is 4.25. The maximum atomic E-state index is 12.1. The zero-order valence-corrected chi connectivity index (χ0v) is 18.2. The molecule has 1 amide bonds. The van der Waals surface area contributed by atoms with Gasteiger partial charge in [0, 0.05) is 43.5 Å². The lowest BCUT2D eigenvalue weighted by Crippen LogP contribution is -2.35. The molecule has 0 aliphatic carbocycles. The van der Waals surface area contributed by atoms with Gasteiger partial charge in [-0.05, 0) is 37.5 Å². The van der Waals surface area contributed by atoms with Crippen LogP contribution in [0.5, 0.6) is 5.75 Å². The Bertz CT molecular complexity index is 735. The number of amides is 1. The number of rotatable bonds is 12. The summed E-state index contributed by atoms with van der Waals surface area (Å²) in [6.45, 7) is 7.82. The van der Waals surface area contributed by atoms with Gasteiger partial charge >= 0.3 is 0 Å². The van der Waals surface area contributed by atoms with Gasteiger partial charge in [0.2, 0.25) is 11.0 Å². The molecule has 0 spiro atoms. The van der Waals surface area contributed by atoms with Crippen molar-refractivity contribution in [2.24, 2.45) is 0 Å². The van der Waals surface area contributed by atoms with Gasteiger partial charge in [0.1, 0.15) is 11.6 Å². The van der Waals surface area contributed by atoms with Crippen molar-refractivity contribution in [3.8, 4) is 5.75 Å². The number of carbonyl (C=O) groups is 1. The van der Waals surface area contributed by atoms with Crippen LogP contribution in [0.2, 0.25) is 0 Å². The molecule has 154 valence electrons. The van der Waals surface area contributed by atoms with Gasteiger partial charge in [-0.15, -0.1) is 0 Å². The molecule has 0 bridgehead atoms. The second-order valence-corrected chi connectivity index (χ2v) is 7.72. The van der Waals surface area contributed by atoms with Gasteiger partial charge in [-0.3, -0.25) is 4.79 Å². The Hall–Kier alpha value is -2.15. The van der Waals surface area contributed by atoms with Crippen LogP contribution in [0.1, 0.15) is 57.8 Å². The highest BCUT2D eigenvalue weighted by atomic mass is 32.1. The number of carbonyl (C=O) groups excluding carboxylic acids is 1. The molecule has 6 nitrogen and oxygen atoms in total. The summed E-state index contributed by atoms with van der Waals surface area (Å²) in [4.78, 5) is 19.1. The minimum atomic E-state index is 0.0944. The summed E-state index contributed by atoms with van der Waals surface area (Å²) in [6, 6.07) is 8.18. The lowest BCUT2D eigenvalue weighted by atomic mass is 10.1. The molecular formula is C21H32N4O2S. The van der Waals surface area contributed by atoms with Crippen LogP contribution in [0, 0.1) is 0 Å². The lowest BCUT2D eigenvalue weighted by molar-refractivity contribution is -0.121. The van der Waals surface area contributed by atoms with Gasteiger partial charge in [-0.1, -0.05) is 32.4 Å². The number of nitrogens with one attached hydrogen (secondary N) is 1. The Morgan fingerprint density at radius 3 is 2.86 bits per heavy atom. The minimum Gasteiger partial charge on any atom is -0.497 e. The molecule has 0 radical (unpaired) electrons. The summed E-state index contributed by atoms with van der Waals surface area (Å²) in [7, 11) is 1.67. The van der Waals surface area contributed by atoms with Crippen LogP contribution in [0.25, 0.3) is 0 Å². The average molecular weight is 405 g/mol. The zero-order valence-electron chi connectivity index (χ0n) is 17.4. The Labute approximate surface area is 172 Å². The SMILES string of the molecule is CCCCN(CCC(=O)N[C@H](C)CC)c1nc(Cc2cccc(OC)c2)ns1. The average Bonchev–Trinajstić information content (AvgIpc) is 3.16. The molecule has 0 aliphatic heterocycles. The first-order chi connectivity index (χ1) is 13.5. The molecule has 2 rings (SSSR count). The van der Waals surface area contributed by atoms with E-state index in [1.165, 1.54) is 11.5 Å². The number of anilines is 1. The van der Waals surface area contributed by atoms with Crippen LogP contribution in [-0.4, -0.2) is 41.5 Å². The quantitative estimate of drug-likeness (QED) is 0.578.